The van der Waals surface area contributed by atoms with Crippen LogP contribution in [0.5, 0.6) is 0 Å². The number of fused-ring (bicyclic) bond motifs is 1. The highest BCUT2D eigenvalue weighted by Crippen LogP contribution is 2.27. The van der Waals surface area contributed by atoms with Crippen molar-refractivity contribution < 1.29 is 9.53 Å². The SMILES string of the molecule is O=C(Nc1cccc(CN2CCOCC2)n1)c1ccc2cccc(-c3cccnc3)c2n1. The molecule has 7 heteroatoms. The van der Waals surface area contributed by atoms with Crippen LogP contribution in [0.15, 0.2) is 73.1 Å². The molecule has 7 nitrogen and oxygen atoms in total. The number of carbonyl (C=O) groups is 1. The van der Waals surface area contributed by atoms with Crippen molar-refractivity contribution >= 4 is 22.6 Å². The van der Waals surface area contributed by atoms with Gasteiger partial charge in [-0.15, -0.1) is 0 Å². The van der Waals surface area contributed by atoms with Crippen molar-refractivity contribution in [3.05, 3.63) is 84.4 Å². The number of nitrogens with zero attached hydrogens (tertiary/aromatic N) is 4. The van der Waals surface area contributed by atoms with Crippen LogP contribution < -0.4 is 5.32 Å². The maximum atomic E-state index is 13.0. The van der Waals surface area contributed by atoms with Gasteiger partial charge in [0, 0.05) is 48.5 Å². The molecule has 4 heterocycles. The van der Waals surface area contributed by atoms with E-state index in [0.29, 0.717) is 11.5 Å². The predicted molar refractivity (Wildman–Crippen MR) is 123 cm³/mol. The third-order valence-corrected chi connectivity index (χ3v) is 5.46. The Bertz CT molecular complexity index is 1240. The van der Waals surface area contributed by atoms with Crippen molar-refractivity contribution in [1.29, 1.82) is 0 Å². The summed E-state index contributed by atoms with van der Waals surface area (Å²) in [7, 11) is 0. The molecule has 1 aliphatic rings. The van der Waals surface area contributed by atoms with Crippen LogP contribution in [0.2, 0.25) is 0 Å². The van der Waals surface area contributed by atoms with Gasteiger partial charge in [-0.05, 0) is 24.3 Å². The lowest BCUT2D eigenvalue weighted by molar-refractivity contribution is 0.0337. The van der Waals surface area contributed by atoms with Gasteiger partial charge in [0.15, 0.2) is 0 Å². The first kappa shape index (κ1) is 20.2. The van der Waals surface area contributed by atoms with Gasteiger partial charge in [0.2, 0.25) is 0 Å². The van der Waals surface area contributed by atoms with Crippen LogP contribution in [0.1, 0.15) is 16.2 Å². The molecule has 1 saturated heterocycles. The number of benzene rings is 1. The first-order valence-electron chi connectivity index (χ1n) is 10.6. The van der Waals surface area contributed by atoms with E-state index in [1.54, 1.807) is 24.5 Å². The number of anilines is 1. The molecular weight excluding hydrogens is 402 g/mol. The zero-order chi connectivity index (χ0) is 21.8. The van der Waals surface area contributed by atoms with Crippen LogP contribution in [0.25, 0.3) is 22.0 Å². The zero-order valence-corrected chi connectivity index (χ0v) is 17.6. The quantitative estimate of drug-likeness (QED) is 0.524. The lowest BCUT2D eigenvalue weighted by atomic mass is 10.0. The van der Waals surface area contributed by atoms with Gasteiger partial charge in [0.1, 0.15) is 11.5 Å². The number of para-hydroxylation sites is 1. The van der Waals surface area contributed by atoms with Crippen molar-refractivity contribution in [2.45, 2.75) is 6.54 Å². The van der Waals surface area contributed by atoms with Gasteiger partial charge in [-0.3, -0.25) is 14.7 Å². The van der Waals surface area contributed by atoms with Crippen LogP contribution in [0, 0.1) is 0 Å². The van der Waals surface area contributed by atoms with Crippen molar-refractivity contribution in [1.82, 2.24) is 19.9 Å². The summed E-state index contributed by atoms with van der Waals surface area (Å²) in [5, 5.41) is 3.86. The average Bonchev–Trinajstić information content (AvgIpc) is 2.85. The maximum Gasteiger partial charge on any atom is 0.275 e. The number of rotatable bonds is 5. The molecule has 1 aromatic carbocycles. The number of morpholine rings is 1. The highest BCUT2D eigenvalue weighted by Gasteiger charge is 2.14. The fraction of sp³-hybridized carbons (Fsp3) is 0.200. The van der Waals surface area contributed by atoms with Gasteiger partial charge in [-0.25, -0.2) is 9.97 Å². The van der Waals surface area contributed by atoms with Crippen molar-refractivity contribution in [2.24, 2.45) is 0 Å². The number of hydrogen-bond acceptors (Lipinski definition) is 6. The first-order valence-corrected chi connectivity index (χ1v) is 10.6. The second-order valence-corrected chi connectivity index (χ2v) is 7.67. The van der Waals surface area contributed by atoms with E-state index in [1.807, 2.05) is 48.5 Å². The maximum absolute atomic E-state index is 13.0. The summed E-state index contributed by atoms with van der Waals surface area (Å²) in [5.74, 6) is 0.229. The van der Waals surface area contributed by atoms with Crippen molar-refractivity contribution in [3.8, 4) is 11.1 Å². The molecule has 0 spiro atoms. The third-order valence-electron chi connectivity index (χ3n) is 5.46. The van der Waals surface area contributed by atoms with E-state index in [-0.39, 0.29) is 5.91 Å². The molecule has 4 aromatic rings. The smallest absolute Gasteiger partial charge is 0.275 e. The largest absolute Gasteiger partial charge is 0.379 e. The number of amides is 1. The minimum Gasteiger partial charge on any atom is -0.379 e. The number of nitrogens with one attached hydrogen (secondary N) is 1. The van der Waals surface area contributed by atoms with E-state index in [9.17, 15) is 4.79 Å². The summed E-state index contributed by atoms with van der Waals surface area (Å²) in [6.07, 6.45) is 3.54. The molecular formula is C25H23N5O2. The summed E-state index contributed by atoms with van der Waals surface area (Å²) < 4.78 is 5.40. The predicted octanol–water partition coefficient (Wildman–Crippen LogP) is 3.78. The van der Waals surface area contributed by atoms with Crippen LogP contribution in [-0.4, -0.2) is 52.1 Å². The third kappa shape index (κ3) is 4.49. The normalized spacial score (nSPS) is 14.4. The summed E-state index contributed by atoms with van der Waals surface area (Å²) in [4.78, 5) is 28.7. The summed E-state index contributed by atoms with van der Waals surface area (Å²) in [6, 6.07) is 19.2. The van der Waals surface area contributed by atoms with Gasteiger partial charge in [-0.1, -0.05) is 36.4 Å². The summed E-state index contributed by atoms with van der Waals surface area (Å²) in [5.41, 5.74) is 3.92. The molecule has 160 valence electrons. The van der Waals surface area contributed by atoms with E-state index in [1.165, 1.54) is 0 Å². The standard InChI is InChI=1S/C25H23N5O2/c31-25(29-23-8-2-6-20(27-23)17-30-12-14-32-15-13-30)22-10-9-18-4-1-7-21(24(18)28-22)19-5-3-11-26-16-19/h1-11,16H,12-15,17H2,(H,27,29,31). The van der Waals surface area contributed by atoms with Crippen LogP contribution >= 0.6 is 0 Å². The van der Waals surface area contributed by atoms with E-state index < -0.39 is 0 Å². The van der Waals surface area contributed by atoms with Crippen LogP contribution in [-0.2, 0) is 11.3 Å². The Morgan fingerprint density at radius 2 is 1.84 bits per heavy atom. The van der Waals surface area contributed by atoms with Gasteiger partial charge >= 0.3 is 0 Å². The molecule has 0 radical (unpaired) electrons. The average molecular weight is 425 g/mol. The Labute approximate surface area is 186 Å². The monoisotopic (exact) mass is 425 g/mol. The van der Waals surface area contributed by atoms with Crippen LogP contribution in [0.4, 0.5) is 5.82 Å². The molecule has 5 rings (SSSR count). The lowest BCUT2D eigenvalue weighted by Gasteiger charge is -2.26. The van der Waals surface area contributed by atoms with Gasteiger partial charge < -0.3 is 10.1 Å². The number of pyridine rings is 3. The molecule has 0 saturated carbocycles. The molecule has 1 N–H and O–H groups in total. The van der Waals surface area contributed by atoms with Gasteiger partial charge in [0.05, 0.1) is 24.4 Å². The van der Waals surface area contributed by atoms with Crippen molar-refractivity contribution in [2.75, 3.05) is 31.6 Å². The number of aromatic nitrogens is 3. The number of ether oxygens (including phenoxy) is 1. The first-order chi connectivity index (χ1) is 15.8. The second kappa shape index (κ2) is 9.21. The lowest BCUT2D eigenvalue weighted by Crippen LogP contribution is -2.35. The van der Waals surface area contributed by atoms with E-state index in [4.69, 9.17) is 4.74 Å². The molecule has 1 amide bonds. The van der Waals surface area contributed by atoms with E-state index in [0.717, 1.165) is 60.6 Å². The molecule has 1 fully saturated rings. The minimum absolute atomic E-state index is 0.288. The summed E-state index contributed by atoms with van der Waals surface area (Å²) >= 11 is 0. The minimum atomic E-state index is -0.288. The number of carbonyl (C=O) groups excluding carboxylic acids is 1. The topological polar surface area (TPSA) is 80.2 Å². The molecule has 0 aliphatic carbocycles. The Balaban J connectivity index is 1.38. The molecule has 32 heavy (non-hydrogen) atoms. The summed E-state index contributed by atoms with van der Waals surface area (Å²) in [6.45, 7) is 3.99. The van der Waals surface area contributed by atoms with Gasteiger partial charge in [0.25, 0.3) is 5.91 Å². The highest BCUT2D eigenvalue weighted by molar-refractivity contribution is 6.04. The van der Waals surface area contributed by atoms with Gasteiger partial charge in [-0.2, -0.15) is 0 Å². The zero-order valence-electron chi connectivity index (χ0n) is 17.6. The Hall–Kier alpha value is -3.68. The van der Waals surface area contributed by atoms with Crippen molar-refractivity contribution in [3.63, 3.8) is 0 Å². The Morgan fingerprint density at radius 3 is 2.69 bits per heavy atom. The van der Waals surface area contributed by atoms with E-state index in [2.05, 4.69) is 25.2 Å². The number of hydrogen-bond donors (Lipinski definition) is 1. The molecule has 0 atom stereocenters. The molecule has 3 aromatic heterocycles. The molecule has 0 unspecified atom stereocenters. The molecule has 0 bridgehead atoms. The fourth-order valence-electron chi connectivity index (χ4n) is 3.83. The fourth-order valence-corrected chi connectivity index (χ4v) is 3.83. The second-order valence-electron chi connectivity index (χ2n) is 7.67. The Kier molecular flexibility index (Phi) is 5.83. The molecule has 1 aliphatic heterocycles. The Morgan fingerprint density at radius 1 is 0.969 bits per heavy atom. The van der Waals surface area contributed by atoms with E-state index >= 15 is 0 Å². The van der Waals surface area contributed by atoms with Crippen LogP contribution in [0.3, 0.4) is 0 Å². The highest BCUT2D eigenvalue weighted by atomic mass is 16.5.